The minimum Gasteiger partial charge on any atom is -0.508 e. The molecule has 0 aromatic heterocycles. The Balaban J connectivity index is 2.56. The minimum atomic E-state index is -1.16. The maximum Gasteiger partial charge on any atom is 0.338 e. The van der Waals surface area contributed by atoms with E-state index in [0.29, 0.717) is 17.7 Å². The Kier molecular flexibility index (Phi) is 4.34. The van der Waals surface area contributed by atoms with E-state index in [0.717, 1.165) is 6.04 Å². The van der Waals surface area contributed by atoms with Gasteiger partial charge in [0.2, 0.25) is 0 Å². The lowest BCUT2D eigenvalue weighted by molar-refractivity contribution is 0.0525. The molecule has 0 bridgehead atoms. The molecule has 0 radical (unpaired) electrons. The van der Waals surface area contributed by atoms with Crippen LogP contribution in [0.3, 0.4) is 0 Å². The fourth-order valence-corrected chi connectivity index (χ4v) is 2.03. The smallest absolute Gasteiger partial charge is 0.338 e. The average molecular weight is 252 g/mol. The van der Waals surface area contributed by atoms with E-state index >= 15 is 0 Å². The standard InChI is InChI=1S/C13H20O3Si/c1-10-9-11(5-6-12(10)14)13(15)16-7-8-17(2,3)4/h5-6,9,14H,7-8H2,1-4H3. The molecule has 0 aliphatic rings. The van der Waals surface area contributed by atoms with Gasteiger partial charge >= 0.3 is 5.97 Å². The fraction of sp³-hybridized carbons (Fsp3) is 0.462. The molecule has 0 heterocycles. The molecule has 1 aromatic rings. The molecule has 0 fully saturated rings. The van der Waals surface area contributed by atoms with Crippen LogP contribution < -0.4 is 0 Å². The normalized spacial score (nSPS) is 11.3. The summed E-state index contributed by atoms with van der Waals surface area (Å²) in [6.07, 6.45) is 0. The van der Waals surface area contributed by atoms with Gasteiger partial charge in [-0.15, -0.1) is 0 Å². The molecule has 1 rings (SSSR count). The van der Waals surface area contributed by atoms with Crippen molar-refractivity contribution in [1.82, 2.24) is 0 Å². The molecule has 0 saturated heterocycles. The lowest BCUT2D eigenvalue weighted by Gasteiger charge is -2.15. The maximum atomic E-state index is 11.7. The first kappa shape index (κ1) is 13.8. The van der Waals surface area contributed by atoms with E-state index in [4.69, 9.17) is 4.74 Å². The molecule has 0 unspecified atom stereocenters. The van der Waals surface area contributed by atoms with Gasteiger partial charge in [0, 0.05) is 8.07 Å². The highest BCUT2D eigenvalue weighted by Crippen LogP contribution is 2.17. The van der Waals surface area contributed by atoms with E-state index in [1.54, 1.807) is 19.1 Å². The summed E-state index contributed by atoms with van der Waals surface area (Å²) in [5.41, 5.74) is 1.18. The predicted octanol–water partition coefficient (Wildman–Crippen LogP) is 3.20. The number of rotatable bonds is 4. The van der Waals surface area contributed by atoms with E-state index in [2.05, 4.69) is 19.6 Å². The van der Waals surface area contributed by atoms with Crippen LogP contribution in [0.5, 0.6) is 5.75 Å². The molecule has 17 heavy (non-hydrogen) atoms. The molecule has 4 heteroatoms. The van der Waals surface area contributed by atoms with Crippen molar-refractivity contribution < 1.29 is 14.6 Å². The Bertz CT molecular complexity index is 408. The van der Waals surface area contributed by atoms with E-state index in [1.807, 2.05) is 0 Å². The van der Waals surface area contributed by atoms with Crippen molar-refractivity contribution in [3.8, 4) is 5.75 Å². The number of ether oxygens (including phenoxy) is 1. The number of phenols is 1. The molecule has 1 aromatic carbocycles. The maximum absolute atomic E-state index is 11.7. The molecule has 0 atom stereocenters. The van der Waals surface area contributed by atoms with Gasteiger partial charge in [0.15, 0.2) is 0 Å². The molecular weight excluding hydrogens is 232 g/mol. The predicted molar refractivity (Wildman–Crippen MR) is 71.3 cm³/mol. The summed E-state index contributed by atoms with van der Waals surface area (Å²) < 4.78 is 5.21. The zero-order valence-electron chi connectivity index (χ0n) is 10.9. The van der Waals surface area contributed by atoms with Crippen molar-refractivity contribution in [1.29, 1.82) is 0 Å². The van der Waals surface area contributed by atoms with Crippen molar-refractivity contribution in [2.75, 3.05) is 6.61 Å². The Morgan fingerprint density at radius 1 is 1.35 bits per heavy atom. The molecule has 0 saturated carbocycles. The summed E-state index contributed by atoms with van der Waals surface area (Å²) in [4.78, 5) is 11.7. The van der Waals surface area contributed by atoms with Crippen LogP contribution in [0.25, 0.3) is 0 Å². The Morgan fingerprint density at radius 3 is 2.53 bits per heavy atom. The molecule has 1 N–H and O–H groups in total. The van der Waals surface area contributed by atoms with Gasteiger partial charge in [-0.3, -0.25) is 0 Å². The van der Waals surface area contributed by atoms with Crippen LogP contribution in [-0.2, 0) is 4.74 Å². The Labute approximate surface area is 103 Å². The lowest BCUT2D eigenvalue weighted by atomic mass is 10.1. The monoisotopic (exact) mass is 252 g/mol. The number of aryl methyl sites for hydroxylation is 1. The highest BCUT2D eigenvalue weighted by Gasteiger charge is 2.15. The van der Waals surface area contributed by atoms with Crippen LogP contribution in [0.15, 0.2) is 18.2 Å². The number of esters is 1. The SMILES string of the molecule is Cc1cc(C(=O)OCC[Si](C)(C)C)ccc1O. The third kappa shape index (κ3) is 4.61. The number of aromatic hydroxyl groups is 1. The van der Waals surface area contributed by atoms with Crippen LogP contribution >= 0.6 is 0 Å². The molecule has 0 spiro atoms. The van der Waals surface area contributed by atoms with E-state index in [-0.39, 0.29) is 11.7 Å². The summed E-state index contributed by atoms with van der Waals surface area (Å²) in [7, 11) is -1.16. The minimum absolute atomic E-state index is 0.198. The van der Waals surface area contributed by atoms with Crippen molar-refractivity contribution in [3.63, 3.8) is 0 Å². The van der Waals surface area contributed by atoms with Gasteiger partial charge in [0.1, 0.15) is 5.75 Å². The summed E-state index contributed by atoms with van der Waals surface area (Å²) in [6.45, 7) is 8.96. The Morgan fingerprint density at radius 2 is 2.00 bits per heavy atom. The number of carbonyl (C=O) groups excluding carboxylic acids is 1. The topological polar surface area (TPSA) is 46.5 Å². The second-order valence-electron chi connectivity index (χ2n) is 5.45. The van der Waals surface area contributed by atoms with Gasteiger partial charge < -0.3 is 9.84 Å². The zero-order valence-corrected chi connectivity index (χ0v) is 11.9. The highest BCUT2D eigenvalue weighted by molar-refractivity contribution is 6.76. The zero-order chi connectivity index (χ0) is 13.1. The lowest BCUT2D eigenvalue weighted by Crippen LogP contribution is -2.22. The van der Waals surface area contributed by atoms with Crippen molar-refractivity contribution >= 4 is 14.0 Å². The Hall–Kier alpha value is -1.29. The van der Waals surface area contributed by atoms with Crippen LogP contribution in [-0.4, -0.2) is 25.8 Å². The highest BCUT2D eigenvalue weighted by atomic mass is 28.3. The van der Waals surface area contributed by atoms with Gasteiger partial charge in [-0.2, -0.15) is 0 Å². The van der Waals surface area contributed by atoms with Crippen molar-refractivity contribution in [2.24, 2.45) is 0 Å². The number of hydrogen-bond donors (Lipinski definition) is 1. The summed E-state index contributed by atoms with van der Waals surface area (Å²) >= 11 is 0. The van der Waals surface area contributed by atoms with Gasteiger partial charge in [-0.05, 0) is 36.7 Å². The first-order chi connectivity index (χ1) is 7.79. The summed E-state index contributed by atoms with van der Waals surface area (Å²) in [5.74, 6) is -0.116. The van der Waals surface area contributed by atoms with Crippen LogP contribution in [0.4, 0.5) is 0 Å². The van der Waals surface area contributed by atoms with Gasteiger partial charge in [0.05, 0.1) is 12.2 Å². The summed E-state index contributed by atoms with van der Waals surface area (Å²) in [6, 6.07) is 5.71. The van der Waals surface area contributed by atoms with Crippen molar-refractivity contribution in [2.45, 2.75) is 32.6 Å². The van der Waals surface area contributed by atoms with Crippen molar-refractivity contribution in [3.05, 3.63) is 29.3 Å². The van der Waals surface area contributed by atoms with Gasteiger partial charge in [-0.25, -0.2) is 4.79 Å². The number of phenolic OH excluding ortho intramolecular Hbond substituents is 1. The molecule has 94 valence electrons. The molecule has 0 amide bonds. The molecule has 3 nitrogen and oxygen atoms in total. The molecule has 0 aliphatic carbocycles. The second kappa shape index (κ2) is 5.36. The number of hydrogen-bond acceptors (Lipinski definition) is 3. The largest absolute Gasteiger partial charge is 0.508 e. The first-order valence-electron chi connectivity index (χ1n) is 5.76. The van der Waals surface area contributed by atoms with Gasteiger partial charge in [-0.1, -0.05) is 19.6 Å². The van der Waals surface area contributed by atoms with Gasteiger partial charge in [0.25, 0.3) is 0 Å². The second-order valence-corrected chi connectivity index (χ2v) is 11.1. The first-order valence-corrected chi connectivity index (χ1v) is 9.47. The van der Waals surface area contributed by atoms with Crippen LogP contribution in [0.2, 0.25) is 25.7 Å². The van der Waals surface area contributed by atoms with E-state index in [1.165, 1.54) is 6.07 Å². The van der Waals surface area contributed by atoms with Crippen LogP contribution in [0.1, 0.15) is 15.9 Å². The molecular formula is C13H20O3Si. The quantitative estimate of drug-likeness (QED) is 0.661. The van der Waals surface area contributed by atoms with Crippen LogP contribution in [0, 0.1) is 6.92 Å². The van der Waals surface area contributed by atoms with E-state index in [9.17, 15) is 9.90 Å². The fourth-order valence-electron chi connectivity index (χ4n) is 1.32. The third-order valence-corrected chi connectivity index (χ3v) is 4.22. The molecule has 0 aliphatic heterocycles. The van der Waals surface area contributed by atoms with E-state index < -0.39 is 8.07 Å². The number of benzene rings is 1. The summed E-state index contributed by atoms with van der Waals surface area (Å²) in [5, 5.41) is 9.36. The average Bonchev–Trinajstić information content (AvgIpc) is 2.20. The third-order valence-electron chi connectivity index (χ3n) is 2.52. The number of carbonyl (C=O) groups is 1.